The van der Waals surface area contributed by atoms with Crippen LogP contribution in [0.25, 0.3) is 0 Å². The summed E-state index contributed by atoms with van der Waals surface area (Å²) < 4.78 is 5.78. The standard InChI is InChI=1S/C34H46N2O3/c1-4-5-24-20-25-21-27(10-11-28(25)29-14-17-34(2)30(32(24)29)12-13-31(34)37)39-33(38)35-26-8-6-22(7-9-26)23-15-18-36(3)19-16-23/h6-11,21,23-24,29-32,37H,4-5,12-20H2,1-3H3,(H,35,38)/t24-,29-,30+,31+,32-,34+/m1/s1. The van der Waals surface area contributed by atoms with E-state index in [1.54, 1.807) is 0 Å². The summed E-state index contributed by atoms with van der Waals surface area (Å²) >= 11 is 0. The zero-order chi connectivity index (χ0) is 27.1. The highest BCUT2D eigenvalue weighted by Crippen LogP contribution is 2.62. The molecule has 2 aromatic rings. The molecule has 3 fully saturated rings. The van der Waals surface area contributed by atoms with Crippen molar-refractivity contribution in [3.8, 4) is 5.75 Å². The van der Waals surface area contributed by atoms with Crippen molar-refractivity contribution in [3.05, 3.63) is 59.2 Å². The van der Waals surface area contributed by atoms with Gasteiger partial charge in [-0.2, -0.15) is 0 Å². The SMILES string of the molecule is CCC[C@@H]1Cc2cc(OC(=O)Nc3ccc(C4CCN(C)CC4)cc3)ccc2[C@H]2CC[C@]3(C)[C@@H](O)CC[C@H]3[C@H]12. The predicted octanol–water partition coefficient (Wildman–Crippen LogP) is 7.35. The fourth-order valence-electron chi connectivity index (χ4n) is 8.89. The van der Waals surface area contributed by atoms with Crippen molar-refractivity contribution in [2.24, 2.45) is 23.2 Å². The highest BCUT2D eigenvalue weighted by atomic mass is 16.6. The average Bonchev–Trinajstić information content (AvgIpc) is 3.23. The van der Waals surface area contributed by atoms with E-state index in [2.05, 4.69) is 55.4 Å². The number of aliphatic hydroxyl groups excluding tert-OH is 1. The topological polar surface area (TPSA) is 61.8 Å². The lowest BCUT2D eigenvalue weighted by atomic mass is 9.52. The van der Waals surface area contributed by atoms with Gasteiger partial charge >= 0.3 is 6.09 Å². The minimum Gasteiger partial charge on any atom is -0.410 e. The first-order chi connectivity index (χ1) is 18.9. The molecule has 1 aliphatic heterocycles. The Kier molecular flexibility index (Phi) is 7.49. The molecule has 6 rings (SSSR count). The lowest BCUT2D eigenvalue weighted by Gasteiger charge is -2.53. The maximum Gasteiger partial charge on any atom is 0.417 e. The van der Waals surface area contributed by atoms with Crippen molar-refractivity contribution >= 4 is 11.8 Å². The van der Waals surface area contributed by atoms with Gasteiger partial charge in [-0.1, -0.05) is 44.9 Å². The van der Waals surface area contributed by atoms with E-state index in [1.165, 1.54) is 42.4 Å². The Morgan fingerprint density at radius 1 is 1.08 bits per heavy atom. The van der Waals surface area contributed by atoms with Crippen LogP contribution in [0, 0.1) is 23.2 Å². The molecule has 1 saturated heterocycles. The molecule has 0 spiro atoms. The zero-order valence-corrected chi connectivity index (χ0v) is 24.0. The first kappa shape index (κ1) is 26.8. The third-order valence-electron chi connectivity index (χ3n) is 11.0. The number of hydrogen-bond donors (Lipinski definition) is 2. The minimum absolute atomic E-state index is 0.0805. The average molecular weight is 531 g/mol. The second-order valence-electron chi connectivity index (χ2n) is 13.3. The molecule has 5 nitrogen and oxygen atoms in total. The summed E-state index contributed by atoms with van der Waals surface area (Å²) in [6, 6.07) is 14.6. The van der Waals surface area contributed by atoms with Crippen molar-refractivity contribution < 1.29 is 14.6 Å². The van der Waals surface area contributed by atoms with Crippen LogP contribution in [0.5, 0.6) is 5.75 Å². The van der Waals surface area contributed by atoms with Gasteiger partial charge in [0, 0.05) is 5.69 Å². The Balaban J connectivity index is 1.13. The zero-order valence-electron chi connectivity index (χ0n) is 24.0. The number of hydrogen-bond acceptors (Lipinski definition) is 4. The maximum absolute atomic E-state index is 12.8. The summed E-state index contributed by atoms with van der Waals surface area (Å²) in [5.74, 6) is 3.68. The van der Waals surface area contributed by atoms with E-state index in [9.17, 15) is 9.90 Å². The first-order valence-electron chi connectivity index (χ1n) is 15.4. The molecular formula is C34H46N2O3. The van der Waals surface area contributed by atoms with Gasteiger partial charge in [0.15, 0.2) is 0 Å². The van der Waals surface area contributed by atoms with Crippen LogP contribution in [0.3, 0.4) is 0 Å². The van der Waals surface area contributed by atoms with Gasteiger partial charge in [0.1, 0.15) is 5.75 Å². The second-order valence-corrected chi connectivity index (χ2v) is 13.3. The van der Waals surface area contributed by atoms with Crippen molar-refractivity contribution in [1.29, 1.82) is 0 Å². The Hall–Kier alpha value is -2.37. The number of benzene rings is 2. The largest absolute Gasteiger partial charge is 0.417 e. The molecule has 1 amide bonds. The number of likely N-dealkylation sites (tertiary alicyclic amines) is 1. The third-order valence-corrected chi connectivity index (χ3v) is 11.0. The smallest absolute Gasteiger partial charge is 0.410 e. The summed E-state index contributed by atoms with van der Waals surface area (Å²) in [5, 5.41) is 13.8. The minimum atomic E-state index is -0.436. The lowest BCUT2D eigenvalue weighted by molar-refractivity contribution is -0.0394. The van der Waals surface area contributed by atoms with Gasteiger partial charge in [0.05, 0.1) is 6.10 Å². The number of nitrogens with zero attached hydrogens (tertiary/aromatic N) is 1. The van der Waals surface area contributed by atoms with E-state index in [1.807, 2.05) is 18.2 Å². The number of nitrogens with one attached hydrogen (secondary N) is 1. The molecule has 2 N–H and O–H groups in total. The highest BCUT2D eigenvalue weighted by Gasteiger charge is 2.56. The van der Waals surface area contributed by atoms with E-state index in [-0.39, 0.29) is 11.5 Å². The van der Waals surface area contributed by atoms with E-state index in [0.29, 0.717) is 35.3 Å². The number of piperidine rings is 1. The number of aliphatic hydroxyl groups is 1. The van der Waals surface area contributed by atoms with Crippen LogP contribution in [-0.4, -0.2) is 42.3 Å². The summed E-state index contributed by atoms with van der Waals surface area (Å²) in [4.78, 5) is 15.2. The molecule has 0 unspecified atom stereocenters. The third kappa shape index (κ3) is 5.13. The predicted molar refractivity (Wildman–Crippen MR) is 156 cm³/mol. The second kappa shape index (κ2) is 10.9. The van der Waals surface area contributed by atoms with Gasteiger partial charge in [-0.3, -0.25) is 5.32 Å². The van der Waals surface area contributed by atoms with Gasteiger partial charge in [0.2, 0.25) is 0 Å². The number of ether oxygens (including phenoxy) is 1. The summed E-state index contributed by atoms with van der Waals surface area (Å²) in [6.45, 7) is 6.92. The molecule has 210 valence electrons. The number of fused-ring (bicyclic) bond motifs is 5. The number of carbonyl (C=O) groups is 1. The molecule has 6 atom stereocenters. The molecule has 3 aliphatic carbocycles. The van der Waals surface area contributed by atoms with Gasteiger partial charge in [-0.15, -0.1) is 0 Å². The Morgan fingerprint density at radius 3 is 2.59 bits per heavy atom. The van der Waals surface area contributed by atoms with Crippen molar-refractivity contribution in [3.63, 3.8) is 0 Å². The monoisotopic (exact) mass is 530 g/mol. The maximum atomic E-state index is 12.8. The molecule has 4 aliphatic rings. The fourth-order valence-corrected chi connectivity index (χ4v) is 8.89. The molecule has 1 heterocycles. The van der Waals surface area contributed by atoms with Gasteiger partial charge in [0.25, 0.3) is 0 Å². The van der Waals surface area contributed by atoms with Crippen molar-refractivity contribution in [2.45, 2.75) is 89.6 Å². The van der Waals surface area contributed by atoms with E-state index in [0.717, 1.165) is 50.9 Å². The molecule has 0 bridgehead atoms. The summed E-state index contributed by atoms with van der Waals surface area (Å²) in [6.07, 6.45) is 9.62. The van der Waals surface area contributed by atoms with Crippen molar-refractivity contribution in [2.75, 3.05) is 25.5 Å². The van der Waals surface area contributed by atoms with E-state index in [4.69, 9.17) is 4.74 Å². The van der Waals surface area contributed by atoms with Crippen LogP contribution in [0.15, 0.2) is 42.5 Å². The lowest BCUT2D eigenvalue weighted by Crippen LogP contribution is -2.47. The van der Waals surface area contributed by atoms with E-state index < -0.39 is 6.09 Å². The molecular weight excluding hydrogens is 484 g/mol. The van der Waals surface area contributed by atoms with Gasteiger partial charge < -0.3 is 14.7 Å². The Labute approximate surface area is 234 Å². The van der Waals surface area contributed by atoms with Crippen LogP contribution in [0.2, 0.25) is 0 Å². The molecule has 39 heavy (non-hydrogen) atoms. The fraction of sp³-hybridized carbons (Fsp3) is 0.618. The van der Waals surface area contributed by atoms with Crippen LogP contribution >= 0.6 is 0 Å². The van der Waals surface area contributed by atoms with Crippen LogP contribution in [0.1, 0.15) is 93.7 Å². The summed E-state index contributed by atoms with van der Waals surface area (Å²) in [5.41, 5.74) is 5.01. The highest BCUT2D eigenvalue weighted by molar-refractivity contribution is 5.86. The molecule has 2 aromatic carbocycles. The van der Waals surface area contributed by atoms with Gasteiger partial charge in [-0.25, -0.2) is 4.79 Å². The Bertz CT molecular complexity index is 1170. The summed E-state index contributed by atoms with van der Waals surface area (Å²) in [7, 11) is 2.18. The molecule has 5 heteroatoms. The van der Waals surface area contributed by atoms with E-state index >= 15 is 0 Å². The normalized spacial score (nSPS) is 32.7. The van der Waals surface area contributed by atoms with Crippen molar-refractivity contribution in [1.82, 2.24) is 4.90 Å². The number of carbonyl (C=O) groups excluding carboxylic acids is 1. The van der Waals surface area contributed by atoms with Crippen LogP contribution in [-0.2, 0) is 6.42 Å². The Morgan fingerprint density at radius 2 is 1.85 bits per heavy atom. The quantitative estimate of drug-likeness (QED) is 0.424. The first-order valence-corrected chi connectivity index (χ1v) is 15.4. The molecule has 0 aromatic heterocycles. The van der Waals surface area contributed by atoms with Crippen LogP contribution in [0.4, 0.5) is 10.5 Å². The molecule has 2 saturated carbocycles. The van der Waals surface area contributed by atoms with Crippen LogP contribution < -0.4 is 10.1 Å². The van der Waals surface area contributed by atoms with Gasteiger partial charge in [-0.05, 0) is 141 Å². The molecule has 0 radical (unpaired) electrons. The number of rotatable bonds is 5. The number of anilines is 1. The number of amides is 1.